The van der Waals surface area contributed by atoms with Gasteiger partial charge in [0.2, 0.25) is 0 Å². The van der Waals surface area contributed by atoms with Crippen LogP contribution in [0, 0.1) is 0 Å². The Bertz CT molecular complexity index is 841. The second-order valence-corrected chi connectivity index (χ2v) is 9.10. The summed E-state index contributed by atoms with van der Waals surface area (Å²) in [7, 11) is 1.83. The molecule has 0 radical (unpaired) electrons. The van der Waals surface area contributed by atoms with Crippen LogP contribution in [0.3, 0.4) is 0 Å². The van der Waals surface area contributed by atoms with Gasteiger partial charge in [0.25, 0.3) is 5.91 Å². The number of amides is 1. The van der Waals surface area contributed by atoms with Crippen molar-refractivity contribution in [2.24, 2.45) is 7.05 Å². The first-order valence-corrected chi connectivity index (χ1v) is 10.8. The zero-order valence-corrected chi connectivity index (χ0v) is 18.0. The Labute approximate surface area is 177 Å². The molecule has 2 N–H and O–H groups in total. The number of hydrogen-bond donors (Lipinski definition) is 2. The van der Waals surface area contributed by atoms with Gasteiger partial charge < -0.3 is 29.2 Å². The number of carbonyl (C=O) groups is 1. The van der Waals surface area contributed by atoms with Crippen LogP contribution >= 0.6 is 0 Å². The molecule has 8 heteroatoms. The van der Waals surface area contributed by atoms with E-state index in [1.165, 1.54) is 0 Å². The van der Waals surface area contributed by atoms with Gasteiger partial charge in [-0.15, -0.1) is 0 Å². The Morgan fingerprint density at radius 1 is 1.30 bits per heavy atom. The topological polar surface area (TPSA) is 84.6 Å². The van der Waals surface area contributed by atoms with Gasteiger partial charge in [-0.3, -0.25) is 4.79 Å². The lowest BCUT2D eigenvalue weighted by molar-refractivity contribution is -0.177. The van der Waals surface area contributed by atoms with E-state index in [1.807, 2.05) is 14.0 Å². The quantitative estimate of drug-likeness (QED) is 0.745. The molecule has 30 heavy (non-hydrogen) atoms. The molecule has 1 spiro atoms. The second kappa shape index (κ2) is 8.53. The number of rotatable bonds is 6. The maximum absolute atomic E-state index is 12.7. The Morgan fingerprint density at radius 2 is 2.03 bits per heavy atom. The molecule has 1 amide bonds. The number of ether oxygens (including phenoxy) is 1. The first-order chi connectivity index (χ1) is 14.4. The Balaban J connectivity index is 1.31. The predicted molar refractivity (Wildman–Crippen MR) is 113 cm³/mol. The molecule has 2 aromatic heterocycles. The lowest BCUT2D eigenvalue weighted by Gasteiger charge is -2.52. The van der Waals surface area contributed by atoms with Gasteiger partial charge in [-0.25, -0.2) is 4.98 Å². The molecule has 164 valence electrons. The molecule has 2 aromatic rings. The summed E-state index contributed by atoms with van der Waals surface area (Å²) in [6.45, 7) is 6.23. The van der Waals surface area contributed by atoms with Crippen molar-refractivity contribution >= 4 is 5.91 Å². The molecule has 2 fully saturated rings. The van der Waals surface area contributed by atoms with Gasteiger partial charge >= 0.3 is 0 Å². The van der Waals surface area contributed by atoms with Crippen LogP contribution in [0.15, 0.2) is 37.1 Å². The van der Waals surface area contributed by atoms with E-state index < -0.39 is 11.6 Å². The molecular weight excluding hydrogens is 382 g/mol. The SMILES string of the molecule is Cn1cnc(C(=O)N[C@@]2(C)CC3(CCN(CCCn4cccc4)CC3)OC[C@@H]2O)c1. The number of carbonyl (C=O) groups excluding carboxylic acids is 1. The number of hydrogen-bond acceptors (Lipinski definition) is 5. The number of nitrogens with one attached hydrogen (secondary N) is 1. The third-order valence-corrected chi connectivity index (χ3v) is 6.63. The monoisotopic (exact) mass is 415 g/mol. The lowest BCUT2D eigenvalue weighted by Crippen LogP contribution is -2.65. The third-order valence-electron chi connectivity index (χ3n) is 6.63. The minimum Gasteiger partial charge on any atom is -0.388 e. The van der Waals surface area contributed by atoms with Gasteiger partial charge in [0.15, 0.2) is 0 Å². The number of aliphatic hydroxyl groups is 1. The van der Waals surface area contributed by atoms with Crippen molar-refractivity contribution in [3.8, 4) is 0 Å². The van der Waals surface area contributed by atoms with Gasteiger partial charge in [-0.2, -0.15) is 0 Å². The molecule has 0 bridgehead atoms. The van der Waals surface area contributed by atoms with E-state index in [0.717, 1.165) is 45.4 Å². The first kappa shape index (κ1) is 21.1. The summed E-state index contributed by atoms with van der Waals surface area (Å²) in [5.41, 5.74) is -0.657. The molecule has 2 aliphatic heterocycles. The molecule has 4 heterocycles. The highest BCUT2D eigenvalue weighted by molar-refractivity contribution is 5.92. The smallest absolute Gasteiger partial charge is 0.271 e. The van der Waals surface area contributed by atoms with E-state index >= 15 is 0 Å². The van der Waals surface area contributed by atoms with E-state index in [-0.39, 0.29) is 18.1 Å². The number of aryl methyl sites for hydroxylation is 2. The third kappa shape index (κ3) is 4.61. The predicted octanol–water partition coefficient (Wildman–Crippen LogP) is 1.42. The van der Waals surface area contributed by atoms with Gasteiger partial charge in [0.1, 0.15) is 11.8 Å². The number of nitrogens with zero attached hydrogens (tertiary/aromatic N) is 4. The number of aliphatic hydroxyl groups excluding tert-OH is 1. The summed E-state index contributed by atoms with van der Waals surface area (Å²) in [6, 6.07) is 4.12. The van der Waals surface area contributed by atoms with Gasteiger partial charge in [0, 0.05) is 51.7 Å². The van der Waals surface area contributed by atoms with E-state index in [4.69, 9.17) is 4.74 Å². The average molecular weight is 416 g/mol. The maximum atomic E-state index is 12.7. The van der Waals surface area contributed by atoms with Crippen LogP contribution in [0.4, 0.5) is 0 Å². The highest BCUT2D eigenvalue weighted by Gasteiger charge is 2.50. The zero-order chi connectivity index (χ0) is 21.2. The summed E-state index contributed by atoms with van der Waals surface area (Å²) >= 11 is 0. The molecule has 0 aromatic carbocycles. The highest BCUT2D eigenvalue weighted by atomic mass is 16.5. The molecular formula is C22H33N5O3. The fourth-order valence-electron chi connectivity index (χ4n) is 4.76. The molecule has 2 atom stereocenters. The van der Waals surface area contributed by atoms with Gasteiger partial charge in [-0.1, -0.05) is 0 Å². The largest absolute Gasteiger partial charge is 0.388 e. The molecule has 8 nitrogen and oxygen atoms in total. The molecule has 2 saturated heterocycles. The average Bonchev–Trinajstić information content (AvgIpc) is 3.39. The minimum atomic E-state index is -0.740. The van der Waals surface area contributed by atoms with Crippen LogP contribution in [0.25, 0.3) is 0 Å². The van der Waals surface area contributed by atoms with E-state index in [1.54, 1.807) is 17.1 Å². The number of likely N-dealkylation sites (tertiary alicyclic amines) is 1. The van der Waals surface area contributed by atoms with Crippen molar-refractivity contribution in [2.45, 2.75) is 56.4 Å². The molecule has 0 saturated carbocycles. The summed E-state index contributed by atoms with van der Waals surface area (Å²) < 4.78 is 10.1. The van der Waals surface area contributed by atoms with Crippen LogP contribution in [0.1, 0.15) is 43.1 Å². The number of aromatic nitrogens is 3. The summed E-state index contributed by atoms with van der Waals surface area (Å²) in [5, 5.41) is 13.7. The van der Waals surface area contributed by atoms with E-state index in [9.17, 15) is 9.90 Å². The molecule has 2 aliphatic rings. The van der Waals surface area contributed by atoms with Gasteiger partial charge in [0.05, 0.1) is 24.1 Å². The summed E-state index contributed by atoms with van der Waals surface area (Å²) in [5.74, 6) is -0.253. The first-order valence-electron chi connectivity index (χ1n) is 10.8. The fourth-order valence-corrected chi connectivity index (χ4v) is 4.76. The summed E-state index contributed by atoms with van der Waals surface area (Å²) in [6.07, 6.45) is 10.3. The van der Waals surface area contributed by atoms with Crippen LogP contribution in [-0.2, 0) is 18.3 Å². The van der Waals surface area contributed by atoms with Crippen molar-refractivity contribution < 1.29 is 14.6 Å². The van der Waals surface area contributed by atoms with Crippen molar-refractivity contribution in [3.63, 3.8) is 0 Å². The van der Waals surface area contributed by atoms with Crippen LogP contribution in [0.5, 0.6) is 0 Å². The lowest BCUT2D eigenvalue weighted by atomic mass is 9.74. The molecule has 4 rings (SSSR count). The molecule has 0 unspecified atom stereocenters. The normalized spacial score (nSPS) is 26.7. The van der Waals surface area contributed by atoms with Crippen molar-refractivity contribution in [1.29, 1.82) is 0 Å². The van der Waals surface area contributed by atoms with Crippen molar-refractivity contribution in [2.75, 3.05) is 26.2 Å². The van der Waals surface area contributed by atoms with Crippen LogP contribution in [0.2, 0.25) is 0 Å². The fraction of sp³-hybridized carbons (Fsp3) is 0.636. The van der Waals surface area contributed by atoms with Crippen molar-refractivity contribution in [1.82, 2.24) is 24.3 Å². The van der Waals surface area contributed by atoms with Crippen LogP contribution < -0.4 is 5.32 Å². The van der Waals surface area contributed by atoms with Crippen LogP contribution in [-0.4, -0.2) is 73.5 Å². The highest BCUT2D eigenvalue weighted by Crippen LogP contribution is 2.39. The minimum absolute atomic E-state index is 0.243. The standard InChI is InChI=1S/C22H33N5O3/c1-21(24-20(29)18-14-25(2)17-23-18)16-22(30-15-19(21)28)6-12-27(13-7-22)11-5-10-26-8-3-4-9-26/h3-4,8-9,14,17,19,28H,5-7,10-13,15-16H2,1-2H3,(H,24,29)/t19-,21-/m0/s1. The number of imidazole rings is 1. The number of piperidine rings is 1. The Morgan fingerprint density at radius 3 is 2.70 bits per heavy atom. The van der Waals surface area contributed by atoms with Crippen molar-refractivity contribution in [3.05, 3.63) is 42.7 Å². The summed E-state index contributed by atoms with van der Waals surface area (Å²) in [4.78, 5) is 19.3. The van der Waals surface area contributed by atoms with Gasteiger partial charge in [-0.05, 0) is 44.9 Å². The zero-order valence-electron chi connectivity index (χ0n) is 18.0. The van der Waals surface area contributed by atoms with E-state index in [0.29, 0.717) is 12.1 Å². The van der Waals surface area contributed by atoms with E-state index in [2.05, 4.69) is 44.3 Å². The Kier molecular flexibility index (Phi) is 5.99. The molecule has 0 aliphatic carbocycles. The maximum Gasteiger partial charge on any atom is 0.271 e. The Hall–Kier alpha value is -2.16. The second-order valence-electron chi connectivity index (χ2n) is 9.10.